The predicted octanol–water partition coefficient (Wildman–Crippen LogP) is 1.18. The van der Waals surface area contributed by atoms with Crippen molar-refractivity contribution in [3.05, 3.63) is 0 Å². The minimum Gasteiger partial charge on any atom is -0.481 e. The Balaban J connectivity index is 2.81. The minimum atomic E-state index is -0.818. The molecule has 0 heterocycles. The first kappa shape index (κ1) is 15.0. The van der Waals surface area contributed by atoms with Crippen molar-refractivity contribution in [2.75, 3.05) is 27.7 Å². The highest BCUT2D eigenvalue weighted by molar-refractivity contribution is 5.80. The lowest BCUT2D eigenvalue weighted by Gasteiger charge is -2.44. The lowest BCUT2D eigenvalue weighted by atomic mass is 9.78. The molecular weight excluding hydrogens is 232 g/mol. The third-order valence-corrected chi connectivity index (χ3v) is 3.80. The molecule has 1 rings (SSSR count). The molecule has 0 atom stereocenters. The van der Waals surface area contributed by atoms with Crippen LogP contribution in [0.1, 0.15) is 38.5 Å². The summed E-state index contributed by atoms with van der Waals surface area (Å²) < 4.78 is 0. The predicted molar refractivity (Wildman–Crippen MR) is 69.4 cm³/mol. The lowest BCUT2D eigenvalue weighted by Crippen LogP contribution is -2.53. The Hall–Kier alpha value is -1.10. The van der Waals surface area contributed by atoms with E-state index in [2.05, 4.69) is 0 Å². The van der Waals surface area contributed by atoms with Gasteiger partial charge in [-0.05, 0) is 26.9 Å². The van der Waals surface area contributed by atoms with E-state index in [9.17, 15) is 9.59 Å². The maximum absolute atomic E-state index is 12.1. The first-order valence-corrected chi connectivity index (χ1v) is 6.50. The number of carboxylic acid groups (broad SMARTS) is 1. The van der Waals surface area contributed by atoms with Crippen LogP contribution in [0.4, 0.5) is 0 Å². The van der Waals surface area contributed by atoms with Crippen LogP contribution in [0.15, 0.2) is 0 Å². The summed E-state index contributed by atoms with van der Waals surface area (Å²) in [6.07, 6.45) is 4.81. The number of amides is 1. The molecule has 0 aromatic carbocycles. The molecule has 1 N–H and O–H groups in total. The van der Waals surface area contributed by atoms with Crippen LogP contribution < -0.4 is 0 Å². The topological polar surface area (TPSA) is 60.9 Å². The van der Waals surface area contributed by atoms with Gasteiger partial charge in [-0.2, -0.15) is 0 Å². The van der Waals surface area contributed by atoms with E-state index in [0.29, 0.717) is 6.54 Å². The van der Waals surface area contributed by atoms with E-state index >= 15 is 0 Å². The summed E-state index contributed by atoms with van der Waals surface area (Å²) in [6, 6.07) is 0. The second-order valence-corrected chi connectivity index (χ2v) is 5.55. The molecule has 0 unspecified atom stereocenters. The summed E-state index contributed by atoms with van der Waals surface area (Å²) in [5.41, 5.74) is -0.475. The number of aliphatic carboxylic acids is 1. The van der Waals surface area contributed by atoms with Gasteiger partial charge in [0.1, 0.15) is 0 Å². The Morgan fingerprint density at radius 1 is 1.11 bits per heavy atom. The van der Waals surface area contributed by atoms with Gasteiger partial charge >= 0.3 is 5.97 Å². The van der Waals surface area contributed by atoms with Crippen LogP contribution in [-0.2, 0) is 9.59 Å². The van der Waals surface area contributed by atoms with Crippen LogP contribution in [0, 0.1) is 0 Å². The third-order valence-electron chi connectivity index (χ3n) is 3.80. The van der Waals surface area contributed by atoms with Crippen LogP contribution in [0.3, 0.4) is 0 Å². The van der Waals surface area contributed by atoms with E-state index < -0.39 is 11.5 Å². The molecule has 1 amide bonds. The van der Waals surface area contributed by atoms with Crippen molar-refractivity contribution in [1.82, 2.24) is 9.80 Å². The molecule has 1 saturated carbocycles. The molecule has 1 aliphatic rings. The average molecular weight is 256 g/mol. The van der Waals surface area contributed by atoms with E-state index in [1.54, 1.807) is 11.9 Å². The van der Waals surface area contributed by atoms with Gasteiger partial charge in [0, 0.05) is 7.05 Å². The maximum Gasteiger partial charge on any atom is 0.305 e. The van der Waals surface area contributed by atoms with Gasteiger partial charge in [-0.3, -0.25) is 9.59 Å². The first-order valence-electron chi connectivity index (χ1n) is 6.50. The number of likely N-dealkylation sites (N-methyl/N-ethyl adjacent to an activating group) is 2. The largest absolute Gasteiger partial charge is 0.481 e. The van der Waals surface area contributed by atoms with Gasteiger partial charge in [-0.15, -0.1) is 0 Å². The Morgan fingerprint density at radius 3 is 2.11 bits per heavy atom. The van der Waals surface area contributed by atoms with Crippen LogP contribution >= 0.6 is 0 Å². The molecule has 5 nitrogen and oxygen atoms in total. The summed E-state index contributed by atoms with van der Waals surface area (Å²) in [5, 5.41) is 9.10. The average Bonchev–Trinajstić information content (AvgIpc) is 2.27. The number of carbonyl (C=O) groups excluding carboxylic acids is 1. The Kier molecular flexibility index (Phi) is 5.14. The summed E-state index contributed by atoms with van der Waals surface area (Å²) in [6.45, 7) is 0.331. The molecule has 0 spiro atoms. The van der Waals surface area contributed by atoms with Crippen LogP contribution in [0.25, 0.3) is 0 Å². The van der Waals surface area contributed by atoms with Gasteiger partial charge in [0.05, 0.1) is 18.5 Å². The monoisotopic (exact) mass is 256 g/mol. The van der Waals surface area contributed by atoms with E-state index in [-0.39, 0.29) is 12.3 Å². The molecule has 1 aliphatic carbocycles. The number of hydrogen-bond acceptors (Lipinski definition) is 3. The summed E-state index contributed by atoms with van der Waals surface area (Å²) in [4.78, 5) is 26.7. The van der Waals surface area contributed by atoms with Crippen molar-refractivity contribution in [3.8, 4) is 0 Å². The molecule has 104 valence electrons. The molecule has 0 aromatic heterocycles. The zero-order valence-corrected chi connectivity index (χ0v) is 11.6. The van der Waals surface area contributed by atoms with Gasteiger partial charge in [0.2, 0.25) is 5.91 Å². The first-order chi connectivity index (χ1) is 8.37. The van der Waals surface area contributed by atoms with Gasteiger partial charge in [0.15, 0.2) is 0 Å². The fourth-order valence-corrected chi connectivity index (χ4v) is 2.76. The zero-order chi connectivity index (χ0) is 13.8. The van der Waals surface area contributed by atoms with Crippen molar-refractivity contribution in [1.29, 1.82) is 0 Å². The molecular formula is C13H24N2O3. The highest BCUT2D eigenvalue weighted by atomic mass is 16.4. The summed E-state index contributed by atoms with van der Waals surface area (Å²) in [7, 11) is 5.44. The van der Waals surface area contributed by atoms with Crippen molar-refractivity contribution in [2.45, 2.75) is 44.1 Å². The molecule has 0 radical (unpaired) electrons. The fourth-order valence-electron chi connectivity index (χ4n) is 2.76. The van der Waals surface area contributed by atoms with Crippen LogP contribution in [0.2, 0.25) is 0 Å². The number of rotatable bonds is 5. The normalized spacial score (nSPS) is 18.7. The Labute approximate surface area is 109 Å². The second kappa shape index (κ2) is 6.18. The second-order valence-electron chi connectivity index (χ2n) is 5.55. The van der Waals surface area contributed by atoms with Crippen molar-refractivity contribution in [2.24, 2.45) is 0 Å². The van der Waals surface area contributed by atoms with Gasteiger partial charge in [0.25, 0.3) is 0 Å². The van der Waals surface area contributed by atoms with Gasteiger partial charge in [-0.1, -0.05) is 19.3 Å². The number of carbonyl (C=O) groups is 2. The van der Waals surface area contributed by atoms with E-state index in [1.165, 1.54) is 0 Å². The molecule has 1 fully saturated rings. The SMILES string of the molecule is CN(C)CC(=O)N(C)C1(CC(=O)O)CCCCC1. The molecule has 5 heteroatoms. The van der Waals surface area contributed by atoms with Crippen LogP contribution in [0.5, 0.6) is 0 Å². The highest BCUT2D eigenvalue weighted by Gasteiger charge is 2.40. The number of hydrogen-bond donors (Lipinski definition) is 1. The van der Waals surface area contributed by atoms with E-state index in [4.69, 9.17) is 5.11 Å². The van der Waals surface area contributed by atoms with Crippen molar-refractivity contribution >= 4 is 11.9 Å². The zero-order valence-electron chi connectivity index (χ0n) is 11.6. The van der Waals surface area contributed by atoms with Gasteiger partial charge in [-0.25, -0.2) is 0 Å². The molecule has 0 saturated heterocycles. The smallest absolute Gasteiger partial charge is 0.305 e. The highest BCUT2D eigenvalue weighted by Crippen LogP contribution is 2.35. The summed E-state index contributed by atoms with van der Waals surface area (Å²) >= 11 is 0. The number of nitrogens with zero attached hydrogens (tertiary/aromatic N) is 2. The Bertz CT molecular complexity index is 309. The quantitative estimate of drug-likeness (QED) is 0.802. The van der Waals surface area contributed by atoms with Crippen molar-refractivity contribution in [3.63, 3.8) is 0 Å². The van der Waals surface area contributed by atoms with E-state index in [0.717, 1.165) is 32.1 Å². The maximum atomic E-state index is 12.1. The number of carboxylic acids is 1. The molecule has 0 aromatic rings. The lowest BCUT2D eigenvalue weighted by molar-refractivity contribution is -0.146. The van der Waals surface area contributed by atoms with Gasteiger partial charge < -0.3 is 14.9 Å². The third kappa shape index (κ3) is 3.70. The molecule has 18 heavy (non-hydrogen) atoms. The summed E-state index contributed by atoms with van der Waals surface area (Å²) in [5.74, 6) is -0.815. The Morgan fingerprint density at radius 2 is 1.67 bits per heavy atom. The molecule has 0 aliphatic heterocycles. The molecule has 0 bridgehead atoms. The minimum absolute atomic E-state index is 0.00292. The standard InChI is InChI=1S/C13H24N2O3/c1-14(2)10-11(16)15(3)13(9-12(17)18)7-5-4-6-8-13/h4-10H2,1-3H3,(H,17,18). The van der Waals surface area contributed by atoms with Crippen LogP contribution in [-0.4, -0.2) is 60.0 Å². The van der Waals surface area contributed by atoms with Crippen molar-refractivity contribution < 1.29 is 14.7 Å². The van der Waals surface area contributed by atoms with E-state index in [1.807, 2.05) is 19.0 Å². The fraction of sp³-hybridized carbons (Fsp3) is 0.846.